The molecule has 1 aromatic carbocycles. The number of nitrogens with zero attached hydrogens (tertiary/aromatic N) is 1. The Morgan fingerprint density at radius 2 is 2.03 bits per heavy atom. The molecule has 10 heteroatoms. The molecule has 1 aliphatic heterocycles. The van der Waals surface area contributed by atoms with Gasteiger partial charge in [0.15, 0.2) is 0 Å². The van der Waals surface area contributed by atoms with E-state index in [1.807, 2.05) is 0 Å². The lowest BCUT2D eigenvalue weighted by atomic mass is 9.95. The van der Waals surface area contributed by atoms with Gasteiger partial charge in [-0.15, -0.1) is 0 Å². The van der Waals surface area contributed by atoms with Crippen molar-refractivity contribution in [1.82, 2.24) is 20.9 Å². The van der Waals surface area contributed by atoms with E-state index in [4.69, 9.17) is 5.73 Å². The van der Waals surface area contributed by atoms with Crippen molar-refractivity contribution in [3.63, 3.8) is 0 Å². The lowest BCUT2D eigenvalue weighted by molar-refractivity contribution is -0.137. The third-order valence-electron chi connectivity index (χ3n) is 5.74. The van der Waals surface area contributed by atoms with Gasteiger partial charge in [-0.05, 0) is 62.4 Å². The SMILES string of the molecule is Cc1nc(N)ccc1CNC(=O)[C@H](C)NC(=O)[C@H]1C[C@H](Cc2cccc(C(F)(F)F)c2)CN1. The van der Waals surface area contributed by atoms with Crippen LogP contribution in [0.1, 0.15) is 35.7 Å². The van der Waals surface area contributed by atoms with E-state index in [0.717, 1.165) is 17.7 Å². The van der Waals surface area contributed by atoms with Crippen molar-refractivity contribution in [1.29, 1.82) is 0 Å². The maximum atomic E-state index is 12.9. The molecule has 7 nitrogen and oxygen atoms in total. The van der Waals surface area contributed by atoms with E-state index in [1.54, 1.807) is 32.0 Å². The third-order valence-corrected chi connectivity index (χ3v) is 5.74. The van der Waals surface area contributed by atoms with Crippen LogP contribution in [0.4, 0.5) is 19.0 Å². The number of nitrogens with one attached hydrogen (secondary N) is 3. The van der Waals surface area contributed by atoms with Crippen LogP contribution in [0.15, 0.2) is 36.4 Å². The highest BCUT2D eigenvalue weighted by Crippen LogP contribution is 2.30. The standard InChI is InChI=1S/C23H28F3N5O2/c1-13-17(6-7-20(27)30-13)12-29-21(32)14(2)31-22(33)19-10-16(11-28-19)8-15-4-3-5-18(9-15)23(24,25)26/h3-7,9,14,16,19,28H,8,10-12H2,1-2H3,(H2,27,30)(H,29,32)(H,31,33)/t14-,16-,19+/m0/s1. The van der Waals surface area contributed by atoms with Crippen LogP contribution >= 0.6 is 0 Å². The second-order valence-electron chi connectivity index (χ2n) is 8.39. The highest BCUT2D eigenvalue weighted by Gasteiger charge is 2.33. The van der Waals surface area contributed by atoms with E-state index in [0.29, 0.717) is 36.5 Å². The Balaban J connectivity index is 1.47. The maximum Gasteiger partial charge on any atom is 0.416 e. The topological polar surface area (TPSA) is 109 Å². The molecule has 178 valence electrons. The summed E-state index contributed by atoms with van der Waals surface area (Å²) in [6.45, 7) is 4.16. The van der Waals surface area contributed by atoms with E-state index in [1.165, 1.54) is 6.07 Å². The number of aromatic nitrogens is 1. The number of nitrogen functional groups attached to an aromatic ring is 1. The first-order valence-electron chi connectivity index (χ1n) is 10.7. The quantitative estimate of drug-likeness (QED) is 0.504. The Bertz CT molecular complexity index is 1010. The number of carbonyl (C=O) groups is 2. The molecule has 0 saturated carbocycles. The van der Waals surface area contributed by atoms with Crippen LogP contribution in [0, 0.1) is 12.8 Å². The van der Waals surface area contributed by atoms with Gasteiger partial charge in [0.1, 0.15) is 11.9 Å². The van der Waals surface area contributed by atoms with Gasteiger partial charge in [-0.25, -0.2) is 4.98 Å². The molecule has 1 saturated heterocycles. The zero-order chi connectivity index (χ0) is 24.2. The monoisotopic (exact) mass is 463 g/mol. The zero-order valence-electron chi connectivity index (χ0n) is 18.5. The fraction of sp³-hybridized carbons (Fsp3) is 0.435. The number of nitrogens with two attached hydrogens (primary N) is 1. The number of benzene rings is 1. The summed E-state index contributed by atoms with van der Waals surface area (Å²) in [7, 11) is 0. The van der Waals surface area contributed by atoms with Gasteiger partial charge in [0.05, 0.1) is 11.6 Å². The predicted octanol–water partition coefficient (Wildman–Crippen LogP) is 2.33. The number of alkyl halides is 3. The number of aryl methyl sites for hydroxylation is 1. The minimum Gasteiger partial charge on any atom is -0.384 e. The van der Waals surface area contributed by atoms with Gasteiger partial charge in [0.25, 0.3) is 0 Å². The van der Waals surface area contributed by atoms with Gasteiger partial charge in [-0.2, -0.15) is 13.2 Å². The second kappa shape index (κ2) is 10.2. The molecule has 3 rings (SSSR count). The molecule has 1 aliphatic rings. The van der Waals surface area contributed by atoms with Gasteiger partial charge < -0.3 is 21.7 Å². The van der Waals surface area contributed by atoms with E-state index in [2.05, 4.69) is 20.9 Å². The largest absolute Gasteiger partial charge is 0.416 e. The molecule has 1 aromatic heterocycles. The highest BCUT2D eigenvalue weighted by atomic mass is 19.4. The average Bonchev–Trinajstić information content (AvgIpc) is 3.21. The molecule has 1 fully saturated rings. The van der Waals surface area contributed by atoms with Crippen molar-refractivity contribution in [2.24, 2.45) is 5.92 Å². The smallest absolute Gasteiger partial charge is 0.384 e. The Morgan fingerprint density at radius 1 is 1.27 bits per heavy atom. The van der Waals surface area contributed by atoms with Crippen LogP contribution in [0.3, 0.4) is 0 Å². The molecule has 5 N–H and O–H groups in total. The molecule has 0 spiro atoms. The van der Waals surface area contributed by atoms with Crippen LogP contribution in [0.2, 0.25) is 0 Å². The van der Waals surface area contributed by atoms with Gasteiger partial charge in [-0.3, -0.25) is 9.59 Å². The van der Waals surface area contributed by atoms with Crippen molar-refractivity contribution in [3.05, 3.63) is 58.8 Å². The molecule has 2 heterocycles. The highest BCUT2D eigenvalue weighted by molar-refractivity contribution is 5.89. The number of hydrogen-bond acceptors (Lipinski definition) is 5. The lowest BCUT2D eigenvalue weighted by Crippen LogP contribution is -2.50. The molecule has 33 heavy (non-hydrogen) atoms. The minimum absolute atomic E-state index is 0.0226. The van der Waals surface area contributed by atoms with Gasteiger partial charge >= 0.3 is 6.18 Å². The normalized spacial score (nSPS) is 19.2. The summed E-state index contributed by atoms with van der Waals surface area (Å²) < 4.78 is 38.8. The summed E-state index contributed by atoms with van der Waals surface area (Å²) in [6, 6.07) is 7.45. The fourth-order valence-corrected chi connectivity index (χ4v) is 3.88. The molecule has 0 aliphatic carbocycles. The lowest BCUT2D eigenvalue weighted by Gasteiger charge is -2.17. The molecular weight excluding hydrogens is 435 g/mol. The summed E-state index contributed by atoms with van der Waals surface area (Å²) in [5.74, 6) is -0.222. The van der Waals surface area contributed by atoms with Crippen LogP contribution < -0.4 is 21.7 Å². The van der Waals surface area contributed by atoms with Gasteiger partial charge in [-0.1, -0.05) is 24.3 Å². The maximum absolute atomic E-state index is 12.9. The zero-order valence-corrected chi connectivity index (χ0v) is 18.5. The number of hydrogen-bond donors (Lipinski definition) is 4. The predicted molar refractivity (Wildman–Crippen MR) is 118 cm³/mol. The number of rotatable bonds is 7. The molecule has 2 amide bonds. The third kappa shape index (κ3) is 6.67. The molecular formula is C23H28F3N5O2. The van der Waals surface area contributed by atoms with Crippen LogP contribution in [0.25, 0.3) is 0 Å². The summed E-state index contributed by atoms with van der Waals surface area (Å²) in [5.41, 5.74) is 7.07. The van der Waals surface area contributed by atoms with Crippen LogP contribution in [-0.4, -0.2) is 35.4 Å². The van der Waals surface area contributed by atoms with E-state index in [-0.39, 0.29) is 24.3 Å². The van der Waals surface area contributed by atoms with Crippen molar-refractivity contribution >= 4 is 17.6 Å². The summed E-state index contributed by atoms with van der Waals surface area (Å²) in [6.07, 6.45) is -3.47. The number of pyridine rings is 1. The first-order chi connectivity index (χ1) is 15.5. The van der Waals surface area contributed by atoms with Gasteiger partial charge in [0, 0.05) is 12.2 Å². The van der Waals surface area contributed by atoms with Crippen molar-refractivity contribution < 1.29 is 22.8 Å². The van der Waals surface area contributed by atoms with E-state index >= 15 is 0 Å². The first kappa shape index (κ1) is 24.5. The fourth-order valence-electron chi connectivity index (χ4n) is 3.88. The number of amides is 2. The van der Waals surface area contributed by atoms with E-state index in [9.17, 15) is 22.8 Å². The number of carbonyl (C=O) groups excluding carboxylic acids is 2. The molecule has 0 unspecified atom stereocenters. The van der Waals surface area contributed by atoms with E-state index < -0.39 is 23.8 Å². The molecule has 2 aromatic rings. The van der Waals surface area contributed by atoms with Crippen molar-refractivity contribution in [2.45, 2.75) is 51.5 Å². The van der Waals surface area contributed by atoms with Crippen LogP contribution in [0.5, 0.6) is 0 Å². The van der Waals surface area contributed by atoms with Crippen LogP contribution in [-0.2, 0) is 28.7 Å². The Hall–Kier alpha value is -3.14. The number of anilines is 1. The molecule has 0 radical (unpaired) electrons. The van der Waals surface area contributed by atoms with Crippen molar-refractivity contribution in [3.8, 4) is 0 Å². The minimum atomic E-state index is -4.38. The summed E-state index contributed by atoms with van der Waals surface area (Å²) in [5, 5.41) is 8.56. The summed E-state index contributed by atoms with van der Waals surface area (Å²) in [4.78, 5) is 29.1. The molecule has 3 atom stereocenters. The Kier molecular flexibility index (Phi) is 7.57. The Labute approximate surface area is 190 Å². The Morgan fingerprint density at radius 3 is 2.73 bits per heavy atom. The molecule has 0 bridgehead atoms. The number of halogens is 3. The second-order valence-corrected chi connectivity index (χ2v) is 8.39. The van der Waals surface area contributed by atoms with Crippen molar-refractivity contribution in [2.75, 3.05) is 12.3 Å². The first-order valence-corrected chi connectivity index (χ1v) is 10.7. The van der Waals surface area contributed by atoms with Gasteiger partial charge in [0.2, 0.25) is 11.8 Å². The summed E-state index contributed by atoms with van der Waals surface area (Å²) >= 11 is 0. The average molecular weight is 464 g/mol.